The summed E-state index contributed by atoms with van der Waals surface area (Å²) in [6.45, 7) is 2.24. The summed E-state index contributed by atoms with van der Waals surface area (Å²) in [5.41, 5.74) is 0. The van der Waals surface area contributed by atoms with E-state index in [1.54, 1.807) is 0 Å². The van der Waals surface area contributed by atoms with Gasteiger partial charge >= 0.3 is 11.9 Å². The molecule has 2 fully saturated rings. The van der Waals surface area contributed by atoms with Crippen molar-refractivity contribution in [1.82, 2.24) is 0 Å². The number of rotatable bonds is 4. The molecule has 0 amide bonds. The zero-order valence-electron chi connectivity index (χ0n) is 9.77. The van der Waals surface area contributed by atoms with Crippen molar-refractivity contribution in [1.29, 1.82) is 0 Å². The zero-order valence-corrected chi connectivity index (χ0v) is 9.77. The van der Waals surface area contributed by atoms with Crippen molar-refractivity contribution < 1.29 is 19.1 Å². The largest absolute Gasteiger partial charge is 0.469 e. The number of methoxy groups -OCH3 is 1. The van der Waals surface area contributed by atoms with E-state index in [-0.39, 0.29) is 17.9 Å². The number of carbonyl (C=O) groups is 2. The molecule has 0 aromatic heterocycles. The molecule has 0 bridgehead atoms. The molecule has 0 saturated heterocycles. The smallest absolute Gasteiger partial charge is 0.309 e. The molecule has 0 N–H and O–H groups in total. The van der Waals surface area contributed by atoms with E-state index in [9.17, 15) is 9.59 Å². The molecule has 4 atom stereocenters. The van der Waals surface area contributed by atoms with Gasteiger partial charge in [0.05, 0.1) is 19.6 Å². The molecule has 90 valence electrons. The average molecular weight is 226 g/mol. The quantitative estimate of drug-likeness (QED) is 0.680. The zero-order chi connectivity index (χ0) is 11.7. The highest BCUT2D eigenvalue weighted by molar-refractivity contribution is 5.77. The number of esters is 2. The molecule has 0 radical (unpaired) electrons. The highest BCUT2D eigenvalue weighted by Crippen LogP contribution is 2.61. The Hall–Kier alpha value is -1.06. The van der Waals surface area contributed by atoms with Gasteiger partial charge in [-0.05, 0) is 37.5 Å². The molecule has 0 aromatic carbocycles. The molecule has 16 heavy (non-hydrogen) atoms. The van der Waals surface area contributed by atoms with Crippen LogP contribution in [0.4, 0.5) is 0 Å². The van der Waals surface area contributed by atoms with Crippen molar-refractivity contribution in [3.05, 3.63) is 0 Å². The Balaban J connectivity index is 1.85. The molecule has 0 aromatic rings. The fourth-order valence-corrected chi connectivity index (χ4v) is 3.15. The van der Waals surface area contributed by atoms with Crippen molar-refractivity contribution in [2.75, 3.05) is 13.7 Å². The highest BCUT2D eigenvalue weighted by Gasteiger charge is 2.62. The van der Waals surface area contributed by atoms with Crippen LogP contribution in [0.25, 0.3) is 0 Å². The Morgan fingerprint density at radius 2 is 2.06 bits per heavy atom. The number of carbonyl (C=O) groups excluding carboxylic acids is 2. The Morgan fingerprint density at radius 3 is 2.69 bits per heavy atom. The van der Waals surface area contributed by atoms with Gasteiger partial charge in [0.25, 0.3) is 0 Å². The lowest BCUT2D eigenvalue weighted by atomic mass is 9.96. The van der Waals surface area contributed by atoms with Crippen molar-refractivity contribution in [2.45, 2.75) is 26.2 Å². The van der Waals surface area contributed by atoms with Gasteiger partial charge in [-0.15, -0.1) is 0 Å². The lowest BCUT2D eigenvalue weighted by molar-refractivity contribution is -0.146. The van der Waals surface area contributed by atoms with Crippen LogP contribution < -0.4 is 0 Å². The Bertz CT molecular complexity index is 299. The van der Waals surface area contributed by atoms with E-state index in [4.69, 9.17) is 9.47 Å². The van der Waals surface area contributed by atoms with E-state index in [2.05, 4.69) is 0 Å². The minimum atomic E-state index is -0.135. The van der Waals surface area contributed by atoms with Gasteiger partial charge < -0.3 is 9.47 Å². The number of hydrogen-bond donors (Lipinski definition) is 0. The molecule has 0 aliphatic heterocycles. The first-order valence-electron chi connectivity index (χ1n) is 5.92. The predicted molar refractivity (Wildman–Crippen MR) is 56.5 cm³/mol. The minimum Gasteiger partial charge on any atom is -0.469 e. The third-order valence-electron chi connectivity index (χ3n) is 3.85. The van der Waals surface area contributed by atoms with Crippen LogP contribution >= 0.6 is 0 Å². The summed E-state index contributed by atoms with van der Waals surface area (Å²) < 4.78 is 9.69. The molecular weight excluding hydrogens is 208 g/mol. The second-order valence-electron chi connectivity index (χ2n) is 4.64. The summed E-state index contributed by atoms with van der Waals surface area (Å²) in [6.07, 6.45) is 2.55. The van der Waals surface area contributed by atoms with Crippen LogP contribution in [0.3, 0.4) is 0 Å². The second-order valence-corrected chi connectivity index (χ2v) is 4.64. The summed E-state index contributed by atoms with van der Waals surface area (Å²) in [5.74, 6) is 0.974. The number of fused-ring (bicyclic) bond motifs is 1. The topological polar surface area (TPSA) is 52.6 Å². The van der Waals surface area contributed by atoms with E-state index in [1.807, 2.05) is 6.92 Å². The molecule has 2 aliphatic rings. The van der Waals surface area contributed by atoms with Crippen LogP contribution in [0, 0.1) is 23.7 Å². The van der Waals surface area contributed by atoms with E-state index in [0.717, 1.165) is 12.8 Å². The lowest BCUT2D eigenvalue weighted by Crippen LogP contribution is -2.15. The van der Waals surface area contributed by atoms with Crippen LogP contribution in [0.1, 0.15) is 26.2 Å². The normalized spacial score (nSPS) is 35.4. The van der Waals surface area contributed by atoms with Crippen LogP contribution in [0.5, 0.6) is 0 Å². The van der Waals surface area contributed by atoms with Gasteiger partial charge in [0.2, 0.25) is 0 Å². The molecule has 4 unspecified atom stereocenters. The van der Waals surface area contributed by atoms with Gasteiger partial charge in [0.15, 0.2) is 0 Å². The van der Waals surface area contributed by atoms with E-state index in [0.29, 0.717) is 30.8 Å². The SMILES string of the molecule is CCOC(=O)CC1CCC2C(C(=O)OC)C12. The van der Waals surface area contributed by atoms with Gasteiger partial charge in [0.1, 0.15) is 0 Å². The maximum absolute atomic E-state index is 11.4. The van der Waals surface area contributed by atoms with Gasteiger partial charge in [-0.3, -0.25) is 9.59 Å². The molecule has 0 spiro atoms. The summed E-state index contributed by atoms with van der Waals surface area (Å²) >= 11 is 0. The summed E-state index contributed by atoms with van der Waals surface area (Å²) in [4.78, 5) is 22.8. The van der Waals surface area contributed by atoms with Crippen LogP contribution in [0.2, 0.25) is 0 Å². The number of hydrogen-bond acceptors (Lipinski definition) is 4. The molecule has 2 rings (SSSR count). The molecule has 4 heteroatoms. The van der Waals surface area contributed by atoms with Crippen molar-refractivity contribution in [2.24, 2.45) is 23.7 Å². The van der Waals surface area contributed by atoms with Crippen molar-refractivity contribution in [3.63, 3.8) is 0 Å². The van der Waals surface area contributed by atoms with E-state index >= 15 is 0 Å². The van der Waals surface area contributed by atoms with Crippen LogP contribution in [-0.4, -0.2) is 25.7 Å². The lowest BCUT2D eigenvalue weighted by Gasteiger charge is -2.12. The molecule has 2 saturated carbocycles. The first kappa shape index (κ1) is 11.4. The maximum atomic E-state index is 11.4. The van der Waals surface area contributed by atoms with Gasteiger partial charge in [-0.2, -0.15) is 0 Å². The fourth-order valence-electron chi connectivity index (χ4n) is 3.15. The highest BCUT2D eigenvalue weighted by atomic mass is 16.5. The maximum Gasteiger partial charge on any atom is 0.309 e. The molecular formula is C12H18O4. The summed E-state index contributed by atoms with van der Waals surface area (Å²) in [5, 5.41) is 0. The number of ether oxygens (including phenoxy) is 2. The molecule has 4 nitrogen and oxygen atoms in total. The van der Waals surface area contributed by atoms with Crippen LogP contribution in [-0.2, 0) is 19.1 Å². The van der Waals surface area contributed by atoms with Crippen molar-refractivity contribution in [3.8, 4) is 0 Å². The summed E-state index contributed by atoms with van der Waals surface area (Å²) in [7, 11) is 1.43. The molecule has 0 heterocycles. The monoisotopic (exact) mass is 226 g/mol. The third-order valence-corrected chi connectivity index (χ3v) is 3.85. The van der Waals surface area contributed by atoms with E-state index < -0.39 is 0 Å². The van der Waals surface area contributed by atoms with Gasteiger partial charge in [-0.1, -0.05) is 0 Å². The molecule has 2 aliphatic carbocycles. The first-order chi connectivity index (χ1) is 7.69. The van der Waals surface area contributed by atoms with Crippen LogP contribution in [0.15, 0.2) is 0 Å². The third kappa shape index (κ3) is 1.93. The predicted octanol–water partition coefficient (Wildman–Crippen LogP) is 1.38. The first-order valence-corrected chi connectivity index (χ1v) is 5.92. The van der Waals surface area contributed by atoms with Crippen molar-refractivity contribution >= 4 is 11.9 Å². The minimum absolute atomic E-state index is 0.0539. The Labute approximate surface area is 95.3 Å². The fraction of sp³-hybridized carbons (Fsp3) is 0.833. The second kappa shape index (κ2) is 4.44. The average Bonchev–Trinajstić information content (AvgIpc) is 2.86. The van der Waals surface area contributed by atoms with Gasteiger partial charge in [-0.25, -0.2) is 0 Å². The summed E-state index contributed by atoms with van der Waals surface area (Å²) in [6, 6.07) is 0. The standard InChI is InChI=1S/C12H18O4/c1-3-16-9(13)6-7-4-5-8-10(7)11(8)12(14)15-2/h7-8,10-11H,3-6H2,1-2H3. The van der Waals surface area contributed by atoms with Gasteiger partial charge in [0, 0.05) is 6.42 Å². The Morgan fingerprint density at radius 1 is 1.31 bits per heavy atom. The van der Waals surface area contributed by atoms with E-state index in [1.165, 1.54) is 7.11 Å². The Kier molecular flexibility index (Phi) is 3.17.